The number of ether oxygens (including phenoxy) is 2. The second-order valence-corrected chi connectivity index (χ2v) is 7.52. The number of morpholine rings is 1. The molecule has 166 valence electrons. The molecule has 0 unspecified atom stereocenters. The molecule has 0 saturated carbocycles. The molecule has 2 aromatic heterocycles. The van der Waals surface area contributed by atoms with E-state index in [4.69, 9.17) is 14.5 Å². The third kappa shape index (κ3) is 4.47. The molecule has 3 heterocycles. The van der Waals surface area contributed by atoms with Crippen LogP contribution in [0.2, 0.25) is 0 Å². The molecular formula is C23H25N5O4. The van der Waals surface area contributed by atoms with Crippen molar-refractivity contribution >= 4 is 17.5 Å². The van der Waals surface area contributed by atoms with Crippen LogP contribution in [-0.2, 0) is 16.6 Å². The van der Waals surface area contributed by atoms with Crippen molar-refractivity contribution in [3.63, 3.8) is 0 Å². The van der Waals surface area contributed by atoms with Crippen molar-refractivity contribution in [2.24, 2.45) is 7.05 Å². The minimum atomic E-state index is -0.325. The van der Waals surface area contributed by atoms with E-state index in [1.54, 1.807) is 38.7 Å². The average Bonchev–Trinajstić information content (AvgIpc) is 2.81. The van der Waals surface area contributed by atoms with Crippen LogP contribution in [0.5, 0.6) is 5.75 Å². The largest absolute Gasteiger partial charge is 0.496 e. The SMILES string of the molecule is COc1ccc(NC(C)=O)cc1[C@H]1CN(c2nc(-c3ccncc3)cc(=O)n2C)CCO1. The molecule has 32 heavy (non-hydrogen) atoms. The van der Waals surface area contributed by atoms with E-state index in [2.05, 4.69) is 10.3 Å². The minimum absolute atomic E-state index is 0.143. The molecule has 3 aromatic rings. The summed E-state index contributed by atoms with van der Waals surface area (Å²) in [5, 5.41) is 2.79. The van der Waals surface area contributed by atoms with Gasteiger partial charge in [0.2, 0.25) is 11.9 Å². The summed E-state index contributed by atoms with van der Waals surface area (Å²) in [5.41, 5.74) is 2.76. The molecule has 1 fully saturated rings. The number of rotatable bonds is 5. The van der Waals surface area contributed by atoms with Crippen LogP contribution >= 0.6 is 0 Å². The number of pyridine rings is 1. The number of nitrogens with one attached hydrogen (secondary N) is 1. The van der Waals surface area contributed by atoms with Gasteiger partial charge in [0.05, 0.1) is 26.0 Å². The molecule has 9 nitrogen and oxygen atoms in total. The highest BCUT2D eigenvalue weighted by Gasteiger charge is 2.27. The molecule has 1 aliphatic heterocycles. The van der Waals surface area contributed by atoms with Crippen molar-refractivity contribution in [1.29, 1.82) is 0 Å². The van der Waals surface area contributed by atoms with Crippen molar-refractivity contribution in [1.82, 2.24) is 14.5 Å². The summed E-state index contributed by atoms with van der Waals surface area (Å²) in [4.78, 5) is 35.0. The molecule has 1 saturated heterocycles. The fourth-order valence-electron chi connectivity index (χ4n) is 3.77. The summed E-state index contributed by atoms with van der Waals surface area (Å²) >= 11 is 0. The smallest absolute Gasteiger partial charge is 0.255 e. The van der Waals surface area contributed by atoms with Gasteiger partial charge in [-0.3, -0.25) is 19.1 Å². The summed E-state index contributed by atoms with van der Waals surface area (Å²) < 4.78 is 13.1. The van der Waals surface area contributed by atoms with E-state index in [0.29, 0.717) is 42.8 Å². The number of carbonyl (C=O) groups is 1. The summed E-state index contributed by atoms with van der Waals surface area (Å²) in [6.07, 6.45) is 3.02. The van der Waals surface area contributed by atoms with E-state index in [1.807, 2.05) is 23.1 Å². The van der Waals surface area contributed by atoms with E-state index in [9.17, 15) is 9.59 Å². The summed E-state index contributed by atoms with van der Waals surface area (Å²) in [7, 11) is 3.31. The number of benzene rings is 1. The van der Waals surface area contributed by atoms with Gasteiger partial charge >= 0.3 is 0 Å². The lowest BCUT2D eigenvalue weighted by molar-refractivity contribution is -0.114. The minimum Gasteiger partial charge on any atom is -0.496 e. The zero-order chi connectivity index (χ0) is 22.7. The van der Waals surface area contributed by atoms with Gasteiger partial charge in [-0.25, -0.2) is 4.98 Å². The normalized spacial score (nSPS) is 16.0. The van der Waals surface area contributed by atoms with Gasteiger partial charge in [-0.1, -0.05) is 0 Å². The number of carbonyl (C=O) groups excluding carboxylic acids is 1. The second kappa shape index (κ2) is 9.19. The van der Waals surface area contributed by atoms with E-state index in [1.165, 1.54) is 17.6 Å². The molecule has 0 aliphatic carbocycles. The van der Waals surface area contributed by atoms with Crippen molar-refractivity contribution in [3.05, 3.63) is 64.7 Å². The maximum absolute atomic E-state index is 12.7. The average molecular weight is 435 g/mol. The Morgan fingerprint density at radius 2 is 2.00 bits per heavy atom. The Balaban J connectivity index is 1.67. The lowest BCUT2D eigenvalue weighted by atomic mass is 10.1. The Morgan fingerprint density at radius 3 is 2.72 bits per heavy atom. The Labute approximate surface area is 185 Å². The van der Waals surface area contributed by atoms with Gasteiger partial charge in [-0.05, 0) is 30.3 Å². The van der Waals surface area contributed by atoms with Crippen LogP contribution in [0.3, 0.4) is 0 Å². The van der Waals surface area contributed by atoms with Crippen LogP contribution in [0.4, 0.5) is 11.6 Å². The van der Waals surface area contributed by atoms with E-state index >= 15 is 0 Å². The van der Waals surface area contributed by atoms with Crippen molar-refractivity contribution in [2.75, 3.05) is 37.0 Å². The molecule has 1 amide bonds. The third-order valence-electron chi connectivity index (χ3n) is 5.33. The summed E-state index contributed by atoms with van der Waals surface area (Å²) in [6.45, 7) is 2.97. The second-order valence-electron chi connectivity index (χ2n) is 7.52. The maximum atomic E-state index is 12.7. The number of nitrogens with zero attached hydrogens (tertiary/aromatic N) is 4. The standard InChI is InChI=1S/C23H25N5O4/c1-15(29)25-17-4-5-20(31-3)18(12-17)21-14-28(10-11-32-21)23-26-19(13-22(30)27(23)2)16-6-8-24-9-7-16/h4-9,12-13,21H,10-11,14H2,1-3H3,(H,25,29)/t21-/m1/s1. The van der Waals surface area contributed by atoms with Crippen LogP contribution in [0.1, 0.15) is 18.6 Å². The number of methoxy groups -OCH3 is 1. The first-order chi connectivity index (χ1) is 15.5. The Morgan fingerprint density at radius 1 is 1.22 bits per heavy atom. The van der Waals surface area contributed by atoms with E-state index in [-0.39, 0.29) is 17.6 Å². The summed E-state index contributed by atoms with van der Waals surface area (Å²) in [6, 6.07) is 10.6. The highest BCUT2D eigenvalue weighted by atomic mass is 16.5. The Hall–Kier alpha value is -3.72. The van der Waals surface area contributed by atoms with Crippen molar-refractivity contribution in [3.8, 4) is 17.0 Å². The predicted molar refractivity (Wildman–Crippen MR) is 121 cm³/mol. The van der Waals surface area contributed by atoms with E-state index in [0.717, 1.165) is 11.1 Å². The third-order valence-corrected chi connectivity index (χ3v) is 5.33. The van der Waals surface area contributed by atoms with Crippen molar-refractivity contribution in [2.45, 2.75) is 13.0 Å². The molecular weight excluding hydrogens is 410 g/mol. The van der Waals surface area contributed by atoms with Gasteiger partial charge in [0.1, 0.15) is 11.9 Å². The van der Waals surface area contributed by atoms with Gasteiger partial charge in [-0.15, -0.1) is 0 Å². The quantitative estimate of drug-likeness (QED) is 0.657. The number of amides is 1. The predicted octanol–water partition coefficient (Wildman–Crippen LogP) is 2.39. The zero-order valence-electron chi connectivity index (χ0n) is 18.2. The van der Waals surface area contributed by atoms with Crippen LogP contribution in [0.25, 0.3) is 11.3 Å². The van der Waals surface area contributed by atoms with Crippen LogP contribution in [-0.4, -0.2) is 47.2 Å². The number of anilines is 2. The van der Waals surface area contributed by atoms with Gasteiger partial charge in [0.25, 0.3) is 5.56 Å². The van der Waals surface area contributed by atoms with Crippen molar-refractivity contribution < 1.29 is 14.3 Å². The maximum Gasteiger partial charge on any atom is 0.255 e. The molecule has 4 rings (SSSR count). The lowest BCUT2D eigenvalue weighted by Crippen LogP contribution is -2.41. The van der Waals surface area contributed by atoms with E-state index < -0.39 is 0 Å². The molecule has 1 aromatic carbocycles. The molecule has 1 atom stereocenters. The fraction of sp³-hybridized carbons (Fsp3) is 0.304. The Kier molecular flexibility index (Phi) is 6.18. The highest BCUT2D eigenvalue weighted by Crippen LogP contribution is 2.33. The lowest BCUT2D eigenvalue weighted by Gasteiger charge is -2.35. The number of aromatic nitrogens is 3. The molecule has 9 heteroatoms. The van der Waals surface area contributed by atoms with Gasteiger partial charge in [0.15, 0.2) is 0 Å². The number of hydrogen-bond acceptors (Lipinski definition) is 7. The van der Waals surface area contributed by atoms with Crippen LogP contribution < -0.4 is 20.5 Å². The first-order valence-corrected chi connectivity index (χ1v) is 10.3. The van der Waals surface area contributed by atoms with Crippen LogP contribution in [0.15, 0.2) is 53.6 Å². The fourth-order valence-corrected chi connectivity index (χ4v) is 3.77. The molecule has 0 spiro atoms. The Bertz CT molecular complexity index is 1180. The molecule has 0 radical (unpaired) electrons. The van der Waals surface area contributed by atoms with Gasteiger partial charge in [-0.2, -0.15) is 0 Å². The van der Waals surface area contributed by atoms with Crippen LogP contribution in [0, 0.1) is 0 Å². The number of hydrogen-bond donors (Lipinski definition) is 1. The monoisotopic (exact) mass is 435 g/mol. The first kappa shape index (κ1) is 21.5. The summed E-state index contributed by atoms with van der Waals surface area (Å²) in [5.74, 6) is 1.08. The highest BCUT2D eigenvalue weighted by molar-refractivity contribution is 5.88. The molecule has 1 aliphatic rings. The van der Waals surface area contributed by atoms with Gasteiger partial charge in [0, 0.05) is 55.8 Å². The van der Waals surface area contributed by atoms with Gasteiger partial charge < -0.3 is 19.7 Å². The molecule has 0 bridgehead atoms. The molecule has 1 N–H and O–H groups in total. The zero-order valence-corrected chi connectivity index (χ0v) is 18.2. The first-order valence-electron chi connectivity index (χ1n) is 10.3. The topological polar surface area (TPSA) is 98.6 Å².